The van der Waals surface area contributed by atoms with Crippen molar-refractivity contribution in [1.29, 1.82) is 0 Å². The van der Waals surface area contributed by atoms with Crippen molar-refractivity contribution in [2.45, 2.75) is 26.3 Å². The van der Waals surface area contributed by atoms with Gasteiger partial charge < -0.3 is 16.2 Å². The van der Waals surface area contributed by atoms with E-state index in [0.29, 0.717) is 10.7 Å². The van der Waals surface area contributed by atoms with E-state index in [0.717, 1.165) is 10.2 Å². The lowest BCUT2D eigenvalue weighted by Crippen LogP contribution is -2.40. The molecular formula is C14H17N3O3S. The number of rotatable bonds is 5. The molecule has 0 aliphatic carbocycles. The number of nitrogen functional groups attached to an aromatic ring is 1. The summed E-state index contributed by atoms with van der Waals surface area (Å²) in [6.07, 6.45) is -0.0981. The van der Waals surface area contributed by atoms with Gasteiger partial charge in [0, 0.05) is 11.6 Å². The molecule has 0 fully saturated rings. The maximum atomic E-state index is 12.2. The Hall–Kier alpha value is -2.15. The van der Waals surface area contributed by atoms with E-state index < -0.39 is 12.0 Å². The summed E-state index contributed by atoms with van der Waals surface area (Å²) in [5, 5.41) is 12.1. The second kappa shape index (κ2) is 6.09. The van der Waals surface area contributed by atoms with Crippen LogP contribution in [0.25, 0.3) is 10.2 Å². The normalized spacial score (nSPS) is 12.5. The molecule has 6 nitrogen and oxygen atoms in total. The largest absolute Gasteiger partial charge is 0.481 e. The van der Waals surface area contributed by atoms with E-state index >= 15 is 0 Å². The number of thiazole rings is 1. The number of nitrogens with zero attached hydrogens (tertiary/aromatic N) is 1. The lowest BCUT2D eigenvalue weighted by Gasteiger charge is -2.20. The Bertz CT molecular complexity index is 681. The van der Waals surface area contributed by atoms with Gasteiger partial charge >= 0.3 is 5.97 Å². The topological polar surface area (TPSA) is 105 Å². The van der Waals surface area contributed by atoms with Crippen molar-refractivity contribution < 1.29 is 14.7 Å². The molecule has 4 N–H and O–H groups in total. The molecule has 1 heterocycles. The number of aromatic nitrogens is 1. The summed E-state index contributed by atoms with van der Waals surface area (Å²) < 4.78 is 0.833. The zero-order chi connectivity index (χ0) is 15.6. The van der Waals surface area contributed by atoms with Crippen LogP contribution in [0.3, 0.4) is 0 Å². The summed E-state index contributed by atoms with van der Waals surface area (Å²) in [6, 6.07) is 4.71. The maximum Gasteiger partial charge on any atom is 0.305 e. The molecule has 112 valence electrons. The molecular weight excluding hydrogens is 290 g/mol. The molecule has 21 heavy (non-hydrogen) atoms. The summed E-state index contributed by atoms with van der Waals surface area (Å²) in [5.41, 5.74) is 6.86. The predicted octanol–water partition coefficient (Wildman–Crippen LogP) is 2.11. The summed E-state index contributed by atoms with van der Waals surface area (Å²) in [4.78, 5) is 27.2. The van der Waals surface area contributed by atoms with Crippen LogP contribution in [0, 0.1) is 5.92 Å². The minimum Gasteiger partial charge on any atom is -0.481 e. The van der Waals surface area contributed by atoms with Crippen molar-refractivity contribution in [3.05, 3.63) is 23.8 Å². The van der Waals surface area contributed by atoms with Gasteiger partial charge in [-0.05, 0) is 24.1 Å². The molecule has 1 aromatic heterocycles. The van der Waals surface area contributed by atoms with Gasteiger partial charge in [-0.2, -0.15) is 0 Å². The summed E-state index contributed by atoms with van der Waals surface area (Å²) >= 11 is 1.31. The molecule has 2 aromatic rings. The smallest absolute Gasteiger partial charge is 0.305 e. The van der Waals surface area contributed by atoms with E-state index in [1.807, 2.05) is 13.8 Å². The van der Waals surface area contributed by atoms with Crippen molar-refractivity contribution in [1.82, 2.24) is 10.3 Å². The number of carbonyl (C=O) groups is 2. The first-order valence-corrected chi connectivity index (χ1v) is 7.37. The summed E-state index contributed by atoms with van der Waals surface area (Å²) in [7, 11) is 0. The van der Waals surface area contributed by atoms with Crippen LogP contribution >= 0.6 is 11.3 Å². The average Bonchev–Trinajstić information content (AvgIpc) is 2.76. The first-order chi connectivity index (χ1) is 9.86. The third-order valence-electron chi connectivity index (χ3n) is 3.18. The quantitative estimate of drug-likeness (QED) is 0.784. The first-order valence-electron chi connectivity index (χ1n) is 6.55. The Morgan fingerprint density at radius 3 is 2.76 bits per heavy atom. The Morgan fingerprint density at radius 2 is 2.14 bits per heavy atom. The van der Waals surface area contributed by atoms with E-state index in [2.05, 4.69) is 10.3 Å². The number of carboxylic acid groups (broad SMARTS) is 1. The Balaban J connectivity index is 2.18. The maximum absolute atomic E-state index is 12.2. The number of nitrogens with two attached hydrogens (primary N) is 1. The highest BCUT2D eigenvalue weighted by atomic mass is 32.1. The number of carboxylic acids is 1. The van der Waals surface area contributed by atoms with Crippen molar-refractivity contribution >= 4 is 38.6 Å². The van der Waals surface area contributed by atoms with Gasteiger partial charge in [0.05, 0.1) is 16.6 Å². The number of amides is 1. The minimum absolute atomic E-state index is 0.0350. The van der Waals surface area contributed by atoms with Gasteiger partial charge in [0.25, 0.3) is 5.91 Å². The van der Waals surface area contributed by atoms with Crippen molar-refractivity contribution in [3.63, 3.8) is 0 Å². The number of hydrogen-bond acceptors (Lipinski definition) is 5. The molecule has 0 saturated heterocycles. The van der Waals surface area contributed by atoms with Gasteiger partial charge in [0.2, 0.25) is 0 Å². The van der Waals surface area contributed by atoms with E-state index in [4.69, 9.17) is 10.8 Å². The number of aliphatic carboxylic acids is 1. The zero-order valence-corrected chi connectivity index (χ0v) is 12.6. The van der Waals surface area contributed by atoms with Crippen LogP contribution in [0.5, 0.6) is 0 Å². The number of benzene rings is 1. The average molecular weight is 307 g/mol. The van der Waals surface area contributed by atoms with Gasteiger partial charge in [0.1, 0.15) is 0 Å². The number of carbonyl (C=O) groups excluding carboxylic acids is 1. The van der Waals surface area contributed by atoms with Gasteiger partial charge in [-0.25, -0.2) is 4.98 Å². The summed E-state index contributed by atoms with van der Waals surface area (Å²) in [6.45, 7) is 3.75. The fourth-order valence-electron chi connectivity index (χ4n) is 1.98. The Kier molecular flexibility index (Phi) is 4.42. The number of nitrogens with one attached hydrogen (secondary N) is 1. The monoisotopic (exact) mass is 307 g/mol. The van der Waals surface area contributed by atoms with E-state index in [-0.39, 0.29) is 18.2 Å². The molecule has 1 unspecified atom stereocenters. The fourth-order valence-corrected chi connectivity index (χ4v) is 2.75. The number of anilines is 1. The Labute approximate surface area is 126 Å². The van der Waals surface area contributed by atoms with Crippen molar-refractivity contribution in [2.24, 2.45) is 5.92 Å². The van der Waals surface area contributed by atoms with Crippen LogP contribution in [0.4, 0.5) is 5.13 Å². The highest BCUT2D eigenvalue weighted by Gasteiger charge is 2.20. The predicted molar refractivity (Wildman–Crippen MR) is 82.4 cm³/mol. The van der Waals surface area contributed by atoms with Gasteiger partial charge in [-0.3, -0.25) is 9.59 Å². The number of fused-ring (bicyclic) bond motifs is 1. The lowest BCUT2D eigenvalue weighted by molar-refractivity contribution is -0.137. The molecule has 0 radical (unpaired) electrons. The standard InChI is InChI=1S/C14H17N3O3S/c1-7(2)10(6-12(18)19)16-13(20)8-3-4-9-11(5-8)21-14(15)17-9/h3-5,7,10H,6H2,1-2H3,(H2,15,17)(H,16,20)(H,18,19). The molecule has 2 rings (SSSR count). The molecule has 0 bridgehead atoms. The lowest BCUT2D eigenvalue weighted by atomic mass is 10.0. The zero-order valence-electron chi connectivity index (χ0n) is 11.8. The highest BCUT2D eigenvalue weighted by molar-refractivity contribution is 7.22. The van der Waals surface area contributed by atoms with Crippen LogP contribution in [0.2, 0.25) is 0 Å². The number of hydrogen-bond donors (Lipinski definition) is 3. The molecule has 0 aliphatic heterocycles. The Morgan fingerprint density at radius 1 is 1.43 bits per heavy atom. The fraction of sp³-hybridized carbons (Fsp3) is 0.357. The van der Waals surface area contributed by atoms with Gasteiger partial charge in [0.15, 0.2) is 5.13 Å². The minimum atomic E-state index is -0.931. The van der Waals surface area contributed by atoms with Crippen LogP contribution in [-0.2, 0) is 4.79 Å². The van der Waals surface area contributed by atoms with Crippen molar-refractivity contribution in [3.8, 4) is 0 Å². The second-order valence-corrected chi connectivity index (χ2v) is 6.22. The van der Waals surface area contributed by atoms with Crippen LogP contribution in [-0.4, -0.2) is 28.0 Å². The van der Waals surface area contributed by atoms with Gasteiger partial charge in [-0.15, -0.1) is 0 Å². The second-order valence-electron chi connectivity index (χ2n) is 5.16. The van der Waals surface area contributed by atoms with Crippen LogP contribution in [0.15, 0.2) is 18.2 Å². The molecule has 0 spiro atoms. The third-order valence-corrected chi connectivity index (χ3v) is 4.03. The molecule has 0 aliphatic rings. The van der Waals surface area contributed by atoms with E-state index in [9.17, 15) is 9.59 Å². The molecule has 0 saturated carbocycles. The molecule has 1 amide bonds. The van der Waals surface area contributed by atoms with E-state index in [1.54, 1.807) is 18.2 Å². The summed E-state index contributed by atoms with van der Waals surface area (Å²) in [5.74, 6) is -1.18. The van der Waals surface area contributed by atoms with Crippen LogP contribution in [0.1, 0.15) is 30.6 Å². The first kappa shape index (κ1) is 15.2. The molecule has 7 heteroatoms. The SMILES string of the molecule is CC(C)C(CC(=O)O)NC(=O)c1ccc2nc(N)sc2c1. The van der Waals surface area contributed by atoms with E-state index in [1.165, 1.54) is 11.3 Å². The van der Waals surface area contributed by atoms with Gasteiger partial charge in [-0.1, -0.05) is 25.2 Å². The van der Waals surface area contributed by atoms with Crippen molar-refractivity contribution in [2.75, 3.05) is 5.73 Å². The van der Waals surface area contributed by atoms with Crippen LogP contribution < -0.4 is 11.1 Å². The third kappa shape index (κ3) is 3.69. The highest BCUT2D eigenvalue weighted by Crippen LogP contribution is 2.24. The molecule has 1 atom stereocenters. The molecule has 1 aromatic carbocycles.